The highest BCUT2D eigenvalue weighted by atomic mass is 14.7. The maximum absolute atomic E-state index is 4.96. The van der Waals surface area contributed by atoms with Gasteiger partial charge in [-0.1, -0.05) is 78.9 Å². The lowest BCUT2D eigenvalue weighted by atomic mass is 9.95. The van der Waals surface area contributed by atoms with Crippen LogP contribution in [-0.4, -0.2) is 4.98 Å². The van der Waals surface area contributed by atoms with Gasteiger partial charge in [-0.05, 0) is 55.6 Å². The Hall–Kier alpha value is -3.71. The monoisotopic (exact) mass is 353 g/mol. The normalized spacial score (nSPS) is 12.3. The summed E-state index contributed by atoms with van der Waals surface area (Å²) in [6.07, 6.45) is 0. The molecule has 0 aliphatic heterocycles. The van der Waals surface area contributed by atoms with Gasteiger partial charge in [0.15, 0.2) is 0 Å². The summed E-state index contributed by atoms with van der Waals surface area (Å²) in [5, 5.41) is 9.26. The molecule has 0 saturated heterocycles. The number of hydrogen-bond acceptors (Lipinski definition) is 1. The molecular weight excluding hydrogens is 338 g/mol. The molecule has 1 aliphatic rings. The number of para-hydroxylation sites is 1. The van der Waals surface area contributed by atoms with Crippen molar-refractivity contribution in [2.75, 3.05) is 0 Å². The molecule has 0 atom stereocenters. The maximum atomic E-state index is 4.96. The number of fused-ring (bicyclic) bond motifs is 2. The minimum Gasteiger partial charge on any atom is -0.248 e. The fraction of sp³-hybridized carbons (Fsp3) is 0. The minimum atomic E-state index is 1.03. The van der Waals surface area contributed by atoms with Gasteiger partial charge in [-0.25, -0.2) is 4.98 Å². The Morgan fingerprint density at radius 3 is 2.11 bits per heavy atom. The van der Waals surface area contributed by atoms with Crippen LogP contribution in [0.1, 0.15) is 0 Å². The third kappa shape index (κ3) is 1.69. The van der Waals surface area contributed by atoms with Gasteiger partial charge in [-0.3, -0.25) is 0 Å². The summed E-state index contributed by atoms with van der Waals surface area (Å²) in [5.74, 6) is 0. The molecule has 0 fully saturated rings. The van der Waals surface area contributed by atoms with E-state index < -0.39 is 0 Å². The second kappa shape index (κ2) is 4.96. The van der Waals surface area contributed by atoms with Crippen LogP contribution >= 0.6 is 0 Å². The number of nitrogens with zero attached hydrogens (tertiary/aromatic N) is 1. The van der Waals surface area contributed by atoms with Crippen molar-refractivity contribution in [2.45, 2.75) is 0 Å². The van der Waals surface area contributed by atoms with E-state index in [1.165, 1.54) is 54.4 Å². The summed E-state index contributed by atoms with van der Waals surface area (Å²) in [6.45, 7) is 0. The predicted molar refractivity (Wildman–Crippen MR) is 119 cm³/mol. The molecule has 1 nitrogen and oxygen atoms in total. The molecule has 0 amide bonds. The number of pyridine rings is 1. The van der Waals surface area contributed by atoms with Crippen LogP contribution in [0, 0.1) is 0 Å². The number of hydrogen-bond donors (Lipinski definition) is 0. The van der Waals surface area contributed by atoms with E-state index in [1.807, 2.05) is 0 Å². The molecule has 0 unspecified atom stereocenters. The Bertz CT molecular complexity index is 1610. The average Bonchev–Trinajstić information content (AvgIpc) is 3.11. The topological polar surface area (TPSA) is 12.9 Å². The third-order valence-corrected chi connectivity index (χ3v) is 6.17. The summed E-state index contributed by atoms with van der Waals surface area (Å²) in [6, 6.07) is 32.8. The highest BCUT2D eigenvalue weighted by molar-refractivity contribution is 6.34. The molecule has 0 bridgehead atoms. The quantitative estimate of drug-likeness (QED) is 0.281. The van der Waals surface area contributed by atoms with Crippen molar-refractivity contribution in [1.29, 1.82) is 0 Å². The molecule has 7 rings (SSSR count). The molecular formula is C27H15N. The van der Waals surface area contributed by atoms with Gasteiger partial charge in [0.05, 0.1) is 11.2 Å². The molecule has 6 aromatic rings. The lowest BCUT2D eigenvalue weighted by Gasteiger charge is -2.10. The van der Waals surface area contributed by atoms with Crippen LogP contribution in [0.2, 0.25) is 0 Å². The van der Waals surface area contributed by atoms with Gasteiger partial charge in [-0.15, -0.1) is 0 Å². The summed E-state index contributed by atoms with van der Waals surface area (Å²) in [7, 11) is 0. The summed E-state index contributed by atoms with van der Waals surface area (Å²) in [4.78, 5) is 4.96. The fourth-order valence-corrected chi connectivity index (χ4v) is 4.93. The SMILES string of the molecule is c1ccc2nc(-c3ccc4c5c3ccc3ccc6cccc-4c6c35)ccc2c1. The molecule has 1 heterocycles. The van der Waals surface area contributed by atoms with Gasteiger partial charge in [0.25, 0.3) is 0 Å². The second-order valence-electron chi connectivity index (χ2n) is 7.61. The van der Waals surface area contributed by atoms with Crippen LogP contribution in [-0.2, 0) is 0 Å². The van der Waals surface area contributed by atoms with Crippen molar-refractivity contribution in [2.24, 2.45) is 0 Å². The molecule has 5 aromatic carbocycles. The van der Waals surface area contributed by atoms with Gasteiger partial charge in [0.1, 0.15) is 0 Å². The Morgan fingerprint density at radius 1 is 0.429 bits per heavy atom. The standard InChI is InChI=1S/C27H15N/c1-2-7-23-16(4-1)11-15-24(28-23)19-13-14-22-20-6-3-5-17-8-9-18-10-12-21(19)27(22)26(18)25(17)20/h1-15H. The summed E-state index contributed by atoms with van der Waals surface area (Å²) < 4.78 is 0. The zero-order valence-electron chi connectivity index (χ0n) is 15.1. The van der Waals surface area contributed by atoms with Crippen LogP contribution in [0.15, 0.2) is 91.0 Å². The van der Waals surface area contributed by atoms with Crippen LogP contribution in [0.3, 0.4) is 0 Å². The van der Waals surface area contributed by atoms with Crippen LogP contribution < -0.4 is 0 Å². The number of rotatable bonds is 1. The van der Waals surface area contributed by atoms with Crippen molar-refractivity contribution in [3.05, 3.63) is 91.0 Å². The molecule has 1 aliphatic carbocycles. The molecule has 0 radical (unpaired) electrons. The van der Waals surface area contributed by atoms with Gasteiger partial charge < -0.3 is 0 Å². The predicted octanol–water partition coefficient (Wildman–Crippen LogP) is 7.34. The Kier molecular flexibility index (Phi) is 2.54. The molecule has 28 heavy (non-hydrogen) atoms. The van der Waals surface area contributed by atoms with Crippen molar-refractivity contribution in [3.63, 3.8) is 0 Å². The molecule has 0 saturated carbocycles. The number of aromatic nitrogens is 1. The molecule has 1 heteroatoms. The number of benzene rings is 5. The first-order chi connectivity index (χ1) is 13.9. The van der Waals surface area contributed by atoms with Crippen LogP contribution in [0.25, 0.3) is 65.6 Å². The van der Waals surface area contributed by atoms with E-state index in [2.05, 4.69) is 91.0 Å². The van der Waals surface area contributed by atoms with Crippen molar-refractivity contribution < 1.29 is 0 Å². The zero-order chi connectivity index (χ0) is 18.2. The van der Waals surface area contributed by atoms with E-state index in [9.17, 15) is 0 Å². The highest BCUT2D eigenvalue weighted by Crippen LogP contribution is 2.49. The molecule has 1 aromatic heterocycles. The minimum absolute atomic E-state index is 1.03. The van der Waals surface area contributed by atoms with E-state index in [0.29, 0.717) is 0 Å². The van der Waals surface area contributed by atoms with E-state index in [-0.39, 0.29) is 0 Å². The summed E-state index contributed by atoms with van der Waals surface area (Å²) >= 11 is 0. The molecule has 128 valence electrons. The van der Waals surface area contributed by atoms with Crippen molar-refractivity contribution in [1.82, 2.24) is 4.98 Å². The van der Waals surface area contributed by atoms with Gasteiger partial charge >= 0.3 is 0 Å². The van der Waals surface area contributed by atoms with Crippen molar-refractivity contribution >= 4 is 43.2 Å². The lowest BCUT2D eigenvalue weighted by molar-refractivity contribution is 1.41. The van der Waals surface area contributed by atoms with Gasteiger partial charge in [0, 0.05) is 10.9 Å². The molecule has 0 N–H and O–H groups in total. The fourth-order valence-electron chi connectivity index (χ4n) is 4.93. The van der Waals surface area contributed by atoms with E-state index in [4.69, 9.17) is 4.98 Å². The zero-order valence-corrected chi connectivity index (χ0v) is 15.1. The maximum Gasteiger partial charge on any atom is 0.0715 e. The first kappa shape index (κ1) is 14.4. The van der Waals surface area contributed by atoms with E-state index in [0.717, 1.165) is 11.2 Å². The van der Waals surface area contributed by atoms with Crippen molar-refractivity contribution in [3.8, 4) is 22.4 Å². The summed E-state index contributed by atoms with van der Waals surface area (Å²) in [5.41, 5.74) is 5.98. The highest BCUT2D eigenvalue weighted by Gasteiger charge is 2.21. The van der Waals surface area contributed by atoms with E-state index >= 15 is 0 Å². The Morgan fingerprint density at radius 2 is 1.14 bits per heavy atom. The van der Waals surface area contributed by atoms with Gasteiger partial charge in [-0.2, -0.15) is 0 Å². The second-order valence-corrected chi connectivity index (χ2v) is 7.61. The largest absolute Gasteiger partial charge is 0.248 e. The third-order valence-electron chi connectivity index (χ3n) is 6.17. The average molecular weight is 353 g/mol. The Labute approximate surface area is 161 Å². The Balaban J connectivity index is 1.63. The first-order valence-electron chi connectivity index (χ1n) is 9.66. The van der Waals surface area contributed by atoms with Crippen LogP contribution in [0.4, 0.5) is 0 Å². The smallest absolute Gasteiger partial charge is 0.0715 e. The first-order valence-corrected chi connectivity index (χ1v) is 9.66. The van der Waals surface area contributed by atoms with Gasteiger partial charge in [0.2, 0.25) is 0 Å². The molecule has 0 spiro atoms. The van der Waals surface area contributed by atoms with E-state index in [1.54, 1.807) is 0 Å². The van der Waals surface area contributed by atoms with Crippen LogP contribution in [0.5, 0.6) is 0 Å². The lowest BCUT2D eigenvalue weighted by Crippen LogP contribution is -1.88.